The average molecular weight is 284 g/mol. The van der Waals surface area contributed by atoms with Crippen molar-refractivity contribution in [3.05, 3.63) is 59.7 Å². The van der Waals surface area contributed by atoms with Crippen LogP contribution in [0, 0.1) is 0 Å². The molecule has 6 heteroatoms. The van der Waals surface area contributed by atoms with Crippen molar-refractivity contribution >= 4 is 18.6 Å². The molecule has 0 spiro atoms. The van der Waals surface area contributed by atoms with Crippen LogP contribution >= 0.6 is 0 Å². The highest BCUT2D eigenvalue weighted by molar-refractivity contribution is 6.61. The summed E-state index contributed by atoms with van der Waals surface area (Å²) < 4.78 is 10.7. The van der Waals surface area contributed by atoms with E-state index in [9.17, 15) is 14.9 Å². The minimum absolute atomic E-state index is 0.345. The molecule has 0 bridgehead atoms. The maximum Gasteiger partial charge on any atom is 0.491 e. The first-order chi connectivity index (χ1) is 10.1. The Hall–Kier alpha value is -2.31. The molecule has 1 heterocycles. The van der Waals surface area contributed by atoms with Crippen LogP contribution in [0.25, 0.3) is 0 Å². The van der Waals surface area contributed by atoms with Gasteiger partial charge in [0.1, 0.15) is 5.75 Å². The third-order valence-corrected chi connectivity index (χ3v) is 3.36. The van der Waals surface area contributed by atoms with Crippen LogP contribution in [0.4, 0.5) is 0 Å². The second kappa shape index (κ2) is 5.59. The standard InChI is InChI=1S/C15H13BO5/c17-15(18)14(10-4-2-1-3-5-10)21-12-7-6-11-9-20-16(19)13(11)8-12/h1-8,14,19H,9H2,(H,17,18). The van der Waals surface area contributed by atoms with E-state index in [2.05, 4.69) is 0 Å². The number of rotatable bonds is 4. The van der Waals surface area contributed by atoms with Crippen LogP contribution in [0.15, 0.2) is 48.5 Å². The predicted octanol–water partition coefficient (Wildman–Crippen LogP) is 1.11. The Morgan fingerprint density at radius 1 is 1.24 bits per heavy atom. The Labute approximate surface area is 121 Å². The van der Waals surface area contributed by atoms with E-state index in [0.717, 1.165) is 5.56 Å². The van der Waals surface area contributed by atoms with E-state index in [1.54, 1.807) is 42.5 Å². The van der Waals surface area contributed by atoms with Gasteiger partial charge in [0.2, 0.25) is 6.10 Å². The number of carboxylic acid groups (broad SMARTS) is 1. The Bertz CT molecular complexity index is 658. The first-order valence-corrected chi connectivity index (χ1v) is 6.52. The minimum Gasteiger partial charge on any atom is -0.478 e. The molecule has 106 valence electrons. The van der Waals surface area contributed by atoms with E-state index in [-0.39, 0.29) is 0 Å². The summed E-state index contributed by atoms with van der Waals surface area (Å²) in [4.78, 5) is 11.4. The first kappa shape index (κ1) is 13.7. The van der Waals surface area contributed by atoms with Crippen molar-refractivity contribution in [2.45, 2.75) is 12.7 Å². The summed E-state index contributed by atoms with van der Waals surface area (Å²) in [5.74, 6) is -0.687. The SMILES string of the molecule is O=C(O)C(Oc1ccc2c(c1)B(O)OC2)c1ccccc1. The zero-order valence-electron chi connectivity index (χ0n) is 11.1. The normalized spacial score (nSPS) is 14.6. The Balaban J connectivity index is 1.87. The van der Waals surface area contributed by atoms with Gasteiger partial charge >= 0.3 is 13.1 Å². The molecule has 1 aliphatic heterocycles. The van der Waals surface area contributed by atoms with Gasteiger partial charge in [-0.25, -0.2) is 4.79 Å². The lowest BCUT2D eigenvalue weighted by Crippen LogP contribution is -2.28. The van der Waals surface area contributed by atoms with Crippen LogP contribution < -0.4 is 10.2 Å². The van der Waals surface area contributed by atoms with Crippen molar-refractivity contribution < 1.29 is 24.3 Å². The number of carboxylic acids is 1. The van der Waals surface area contributed by atoms with Gasteiger partial charge in [0.15, 0.2) is 0 Å². The number of hydrogen-bond donors (Lipinski definition) is 2. The monoisotopic (exact) mass is 284 g/mol. The second-order valence-electron chi connectivity index (χ2n) is 4.77. The number of hydrogen-bond acceptors (Lipinski definition) is 4. The van der Waals surface area contributed by atoms with E-state index in [0.29, 0.717) is 23.4 Å². The molecule has 0 amide bonds. The molecule has 0 saturated heterocycles. The van der Waals surface area contributed by atoms with Gasteiger partial charge in [0.05, 0.1) is 6.61 Å². The highest BCUT2D eigenvalue weighted by Crippen LogP contribution is 2.23. The summed E-state index contributed by atoms with van der Waals surface area (Å²) in [5.41, 5.74) is 2.05. The van der Waals surface area contributed by atoms with Gasteiger partial charge in [-0.3, -0.25) is 0 Å². The summed E-state index contributed by atoms with van der Waals surface area (Å²) in [6.45, 7) is 0.345. The van der Waals surface area contributed by atoms with Gasteiger partial charge in [-0.05, 0) is 23.2 Å². The summed E-state index contributed by atoms with van der Waals surface area (Å²) in [6, 6.07) is 13.8. The fourth-order valence-corrected chi connectivity index (χ4v) is 2.29. The van der Waals surface area contributed by atoms with Crippen LogP contribution in [0.2, 0.25) is 0 Å². The lowest BCUT2D eigenvalue weighted by Gasteiger charge is -2.16. The summed E-state index contributed by atoms with van der Waals surface area (Å²) in [5, 5.41) is 19.0. The number of carbonyl (C=O) groups is 1. The highest BCUT2D eigenvalue weighted by Gasteiger charge is 2.28. The van der Waals surface area contributed by atoms with Gasteiger partial charge in [-0.1, -0.05) is 36.4 Å². The highest BCUT2D eigenvalue weighted by atomic mass is 16.5. The molecule has 0 aromatic heterocycles. The van der Waals surface area contributed by atoms with Crippen LogP contribution in [-0.2, 0) is 16.1 Å². The van der Waals surface area contributed by atoms with Gasteiger partial charge in [0, 0.05) is 5.56 Å². The number of benzene rings is 2. The molecule has 0 fully saturated rings. The molecule has 2 aromatic rings. The Kier molecular flexibility index (Phi) is 3.64. The molecule has 5 nitrogen and oxygen atoms in total. The second-order valence-corrected chi connectivity index (χ2v) is 4.77. The van der Waals surface area contributed by atoms with Crippen LogP contribution in [0.1, 0.15) is 17.2 Å². The van der Waals surface area contributed by atoms with Crippen molar-refractivity contribution in [3.8, 4) is 5.75 Å². The van der Waals surface area contributed by atoms with Crippen molar-refractivity contribution in [1.82, 2.24) is 0 Å². The van der Waals surface area contributed by atoms with Gasteiger partial charge < -0.3 is 19.5 Å². The molecule has 1 unspecified atom stereocenters. The summed E-state index contributed by atoms with van der Waals surface area (Å²) in [7, 11) is -0.983. The van der Waals surface area contributed by atoms with Crippen LogP contribution in [-0.4, -0.2) is 23.2 Å². The minimum atomic E-state index is -1.09. The molecule has 0 radical (unpaired) electrons. The fourth-order valence-electron chi connectivity index (χ4n) is 2.29. The zero-order chi connectivity index (χ0) is 14.8. The molecular formula is C15H13BO5. The molecule has 2 N–H and O–H groups in total. The fraction of sp³-hybridized carbons (Fsp3) is 0.133. The maximum atomic E-state index is 11.4. The van der Waals surface area contributed by atoms with E-state index >= 15 is 0 Å². The quantitative estimate of drug-likeness (QED) is 0.822. The molecular weight excluding hydrogens is 271 g/mol. The third kappa shape index (κ3) is 2.77. The molecule has 21 heavy (non-hydrogen) atoms. The lowest BCUT2D eigenvalue weighted by molar-refractivity contribution is -0.145. The molecule has 1 atom stereocenters. The van der Waals surface area contributed by atoms with Crippen molar-refractivity contribution in [2.75, 3.05) is 0 Å². The summed E-state index contributed by atoms with van der Waals surface area (Å²) >= 11 is 0. The smallest absolute Gasteiger partial charge is 0.478 e. The van der Waals surface area contributed by atoms with E-state index in [4.69, 9.17) is 9.39 Å². The van der Waals surface area contributed by atoms with Crippen molar-refractivity contribution in [1.29, 1.82) is 0 Å². The topological polar surface area (TPSA) is 76.0 Å². The molecule has 0 saturated carbocycles. The van der Waals surface area contributed by atoms with E-state index in [1.807, 2.05) is 6.07 Å². The maximum absolute atomic E-state index is 11.4. The average Bonchev–Trinajstić information content (AvgIpc) is 2.86. The molecule has 0 aliphatic carbocycles. The van der Waals surface area contributed by atoms with Gasteiger partial charge in [0.25, 0.3) is 0 Å². The summed E-state index contributed by atoms with van der Waals surface area (Å²) in [6.07, 6.45) is -1.09. The molecule has 2 aromatic carbocycles. The van der Waals surface area contributed by atoms with E-state index < -0.39 is 19.2 Å². The largest absolute Gasteiger partial charge is 0.491 e. The van der Waals surface area contributed by atoms with Gasteiger partial charge in [-0.15, -0.1) is 0 Å². The number of ether oxygens (including phenoxy) is 1. The van der Waals surface area contributed by atoms with Gasteiger partial charge in [-0.2, -0.15) is 0 Å². The van der Waals surface area contributed by atoms with Crippen LogP contribution in [0.3, 0.4) is 0 Å². The number of fused-ring (bicyclic) bond motifs is 1. The zero-order valence-corrected chi connectivity index (χ0v) is 11.1. The third-order valence-electron chi connectivity index (χ3n) is 3.36. The van der Waals surface area contributed by atoms with E-state index in [1.165, 1.54) is 0 Å². The first-order valence-electron chi connectivity index (χ1n) is 6.52. The Morgan fingerprint density at radius 3 is 2.71 bits per heavy atom. The molecule has 1 aliphatic rings. The predicted molar refractivity (Wildman–Crippen MR) is 76.3 cm³/mol. The van der Waals surface area contributed by atoms with Crippen molar-refractivity contribution in [3.63, 3.8) is 0 Å². The lowest BCUT2D eigenvalue weighted by atomic mass is 9.79. The van der Waals surface area contributed by atoms with Crippen molar-refractivity contribution in [2.24, 2.45) is 0 Å². The molecule has 3 rings (SSSR count). The number of aliphatic carboxylic acids is 1. The van der Waals surface area contributed by atoms with Crippen LogP contribution in [0.5, 0.6) is 5.75 Å². The Morgan fingerprint density at radius 2 is 2.00 bits per heavy atom.